The predicted molar refractivity (Wildman–Crippen MR) is 153 cm³/mol. The van der Waals surface area contributed by atoms with Crippen molar-refractivity contribution in [2.24, 2.45) is 0 Å². The van der Waals surface area contributed by atoms with Gasteiger partial charge in [-0.3, -0.25) is 30.6 Å². The number of anilines is 1. The van der Waals surface area contributed by atoms with Gasteiger partial charge in [-0.2, -0.15) is 0 Å². The summed E-state index contributed by atoms with van der Waals surface area (Å²) >= 11 is 16.8. The molecule has 8 nitrogen and oxygen atoms in total. The number of carbonyl (C=O) groups is 3. The molecular weight excluding hydrogens is 547 g/mol. The second-order valence-corrected chi connectivity index (χ2v) is 10.4. The largest absolute Gasteiger partial charge is 0.482 e. The van der Waals surface area contributed by atoms with Crippen molar-refractivity contribution in [3.8, 4) is 5.75 Å². The highest BCUT2D eigenvalue weighted by Crippen LogP contribution is 2.27. The summed E-state index contributed by atoms with van der Waals surface area (Å²) in [5, 5.41) is 5.75. The van der Waals surface area contributed by atoms with Gasteiger partial charge < -0.3 is 10.1 Å². The Morgan fingerprint density at radius 3 is 2.05 bits per heavy atom. The highest BCUT2D eigenvalue weighted by Gasteiger charge is 2.15. The van der Waals surface area contributed by atoms with Gasteiger partial charge in [0.25, 0.3) is 17.7 Å². The van der Waals surface area contributed by atoms with Crippen LogP contribution in [0.5, 0.6) is 5.75 Å². The summed E-state index contributed by atoms with van der Waals surface area (Å²) in [7, 11) is 0. The van der Waals surface area contributed by atoms with E-state index in [2.05, 4.69) is 42.3 Å². The molecule has 0 unspecified atom stereocenters. The van der Waals surface area contributed by atoms with Crippen molar-refractivity contribution in [3.05, 3.63) is 93.5 Å². The van der Waals surface area contributed by atoms with Crippen LogP contribution in [0.15, 0.2) is 66.7 Å². The number of amides is 3. The molecule has 0 fully saturated rings. The zero-order chi connectivity index (χ0) is 27.9. The first kappa shape index (κ1) is 28.9. The van der Waals surface area contributed by atoms with Crippen molar-refractivity contribution in [3.63, 3.8) is 0 Å². The third-order valence-corrected chi connectivity index (χ3v) is 5.95. The summed E-state index contributed by atoms with van der Waals surface area (Å²) in [5.41, 5.74) is 7.33. The minimum absolute atomic E-state index is 0.00317. The van der Waals surface area contributed by atoms with Crippen LogP contribution in [0.1, 0.15) is 47.1 Å². The topological polar surface area (TPSA) is 109 Å². The summed E-state index contributed by atoms with van der Waals surface area (Å²) in [6.45, 7) is 5.96. The fraction of sp³-hybridized carbons (Fsp3) is 0.185. The molecule has 0 aliphatic rings. The molecule has 3 aromatic rings. The molecule has 3 rings (SSSR count). The Morgan fingerprint density at radius 2 is 1.45 bits per heavy atom. The molecule has 38 heavy (non-hydrogen) atoms. The van der Waals surface area contributed by atoms with Gasteiger partial charge in [0.05, 0.1) is 5.02 Å². The van der Waals surface area contributed by atoms with Crippen LogP contribution in [0.2, 0.25) is 10.0 Å². The lowest BCUT2D eigenvalue weighted by Crippen LogP contribution is -2.49. The van der Waals surface area contributed by atoms with Crippen LogP contribution in [0.25, 0.3) is 0 Å². The molecule has 198 valence electrons. The number of ether oxygens (including phenoxy) is 1. The van der Waals surface area contributed by atoms with E-state index in [-0.39, 0.29) is 33.8 Å². The first-order valence-corrected chi connectivity index (χ1v) is 12.6. The number of carbonyl (C=O) groups excluding carboxylic acids is 3. The lowest BCUT2D eigenvalue weighted by Gasteiger charge is -2.19. The second kappa shape index (κ2) is 12.7. The van der Waals surface area contributed by atoms with Gasteiger partial charge in [0.1, 0.15) is 5.75 Å². The second-order valence-electron chi connectivity index (χ2n) is 9.18. The number of halogens is 2. The highest BCUT2D eigenvalue weighted by atomic mass is 35.5. The normalized spacial score (nSPS) is 10.8. The summed E-state index contributed by atoms with van der Waals surface area (Å²) in [6.07, 6.45) is 0. The van der Waals surface area contributed by atoms with Crippen molar-refractivity contribution in [1.29, 1.82) is 0 Å². The maximum absolute atomic E-state index is 12.5. The predicted octanol–water partition coefficient (Wildman–Crippen LogP) is 5.26. The van der Waals surface area contributed by atoms with E-state index in [0.717, 1.165) is 5.56 Å². The van der Waals surface area contributed by atoms with E-state index in [1.165, 1.54) is 12.1 Å². The van der Waals surface area contributed by atoms with Crippen LogP contribution in [0, 0.1) is 0 Å². The summed E-state index contributed by atoms with van der Waals surface area (Å²) in [6, 6.07) is 18.3. The molecule has 0 aliphatic carbocycles. The Kier molecular flexibility index (Phi) is 9.68. The van der Waals surface area contributed by atoms with Gasteiger partial charge in [-0.15, -0.1) is 0 Å². The first-order valence-electron chi connectivity index (χ1n) is 11.4. The molecule has 3 aromatic carbocycles. The van der Waals surface area contributed by atoms with Crippen LogP contribution in [0.4, 0.5) is 5.69 Å². The molecule has 0 aromatic heterocycles. The van der Waals surface area contributed by atoms with Crippen molar-refractivity contribution < 1.29 is 19.1 Å². The monoisotopic (exact) mass is 572 g/mol. The summed E-state index contributed by atoms with van der Waals surface area (Å²) in [5.74, 6) is -1.03. The molecule has 0 saturated carbocycles. The quantitative estimate of drug-likeness (QED) is 0.237. The molecule has 11 heteroatoms. The maximum atomic E-state index is 12.5. The highest BCUT2D eigenvalue weighted by molar-refractivity contribution is 7.80. The minimum atomic E-state index is -0.559. The number of hydrazine groups is 1. The van der Waals surface area contributed by atoms with Crippen molar-refractivity contribution in [1.82, 2.24) is 16.2 Å². The number of benzene rings is 3. The van der Waals surface area contributed by atoms with Crippen molar-refractivity contribution >= 4 is 63.9 Å². The molecule has 4 N–H and O–H groups in total. The molecular formula is C27H26Cl2N4O4S. The molecule has 0 aliphatic heterocycles. The van der Waals surface area contributed by atoms with Gasteiger partial charge in [0.15, 0.2) is 11.7 Å². The van der Waals surface area contributed by atoms with Gasteiger partial charge in [0.2, 0.25) is 0 Å². The van der Waals surface area contributed by atoms with E-state index >= 15 is 0 Å². The molecule has 0 atom stereocenters. The van der Waals surface area contributed by atoms with E-state index in [1.807, 2.05) is 12.1 Å². The van der Waals surface area contributed by atoms with Crippen LogP contribution in [-0.2, 0) is 10.2 Å². The van der Waals surface area contributed by atoms with Gasteiger partial charge >= 0.3 is 0 Å². The van der Waals surface area contributed by atoms with Crippen LogP contribution in [-0.4, -0.2) is 29.4 Å². The average Bonchev–Trinajstić information content (AvgIpc) is 2.86. The SMILES string of the molecule is CC(C)(C)c1ccc(C(=O)Nc2ccc(C(=O)NNC(=S)NC(=O)COc3ccc(Cl)cc3Cl)cc2)cc1. The third kappa shape index (κ3) is 8.44. The lowest BCUT2D eigenvalue weighted by atomic mass is 9.87. The molecule has 0 saturated heterocycles. The Hall–Kier alpha value is -3.66. The van der Waals surface area contributed by atoms with E-state index < -0.39 is 11.8 Å². The van der Waals surface area contributed by atoms with E-state index in [4.69, 9.17) is 40.2 Å². The average molecular weight is 574 g/mol. The molecule has 0 heterocycles. The van der Waals surface area contributed by atoms with Gasteiger partial charge in [-0.1, -0.05) is 56.1 Å². The third-order valence-electron chi connectivity index (χ3n) is 5.21. The maximum Gasteiger partial charge on any atom is 0.269 e. The Balaban J connectivity index is 1.44. The van der Waals surface area contributed by atoms with Gasteiger partial charge in [0, 0.05) is 21.8 Å². The van der Waals surface area contributed by atoms with Gasteiger partial charge in [-0.25, -0.2) is 0 Å². The van der Waals surface area contributed by atoms with Gasteiger partial charge in [-0.05, 0) is 77.8 Å². The molecule has 3 amide bonds. The summed E-state index contributed by atoms with van der Waals surface area (Å²) in [4.78, 5) is 37.0. The number of hydrogen-bond acceptors (Lipinski definition) is 5. The number of hydrogen-bond donors (Lipinski definition) is 4. The number of nitrogens with one attached hydrogen (secondary N) is 4. The fourth-order valence-corrected chi connectivity index (χ4v) is 3.77. The smallest absolute Gasteiger partial charge is 0.269 e. The van der Waals surface area contributed by atoms with E-state index in [0.29, 0.717) is 21.8 Å². The van der Waals surface area contributed by atoms with E-state index in [1.54, 1.807) is 42.5 Å². The van der Waals surface area contributed by atoms with Crippen LogP contribution in [0.3, 0.4) is 0 Å². The molecule has 0 spiro atoms. The lowest BCUT2D eigenvalue weighted by molar-refractivity contribution is -0.121. The Morgan fingerprint density at radius 1 is 0.842 bits per heavy atom. The molecule has 0 radical (unpaired) electrons. The number of thiocarbonyl (C=S) groups is 1. The van der Waals surface area contributed by atoms with Crippen molar-refractivity contribution in [2.45, 2.75) is 26.2 Å². The van der Waals surface area contributed by atoms with E-state index in [9.17, 15) is 14.4 Å². The zero-order valence-electron chi connectivity index (χ0n) is 20.9. The first-order chi connectivity index (χ1) is 17.9. The standard InChI is InChI=1S/C27H26Cl2N4O4S/c1-27(2,3)18-8-4-16(5-9-18)24(35)30-20-11-6-17(7-12-20)25(36)32-33-26(38)31-23(34)15-37-22-13-10-19(28)14-21(22)29/h4-14H,15H2,1-3H3,(H,30,35)(H,32,36)(H2,31,33,34,38). The van der Waals surface area contributed by atoms with Crippen molar-refractivity contribution in [2.75, 3.05) is 11.9 Å². The zero-order valence-corrected chi connectivity index (χ0v) is 23.2. The number of rotatable bonds is 6. The minimum Gasteiger partial charge on any atom is -0.482 e. The Bertz CT molecular complexity index is 1340. The Labute approximate surface area is 236 Å². The summed E-state index contributed by atoms with van der Waals surface area (Å²) < 4.78 is 5.33. The van der Waals surface area contributed by atoms with Crippen LogP contribution < -0.4 is 26.2 Å². The molecule has 0 bridgehead atoms. The van der Waals surface area contributed by atoms with Crippen LogP contribution >= 0.6 is 35.4 Å². The fourth-order valence-electron chi connectivity index (χ4n) is 3.15.